The number of rotatable bonds is 3. The van der Waals surface area contributed by atoms with Crippen molar-refractivity contribution in [3.8, 4) is 0 Å². The number of benzene rings is 1. The van der Waals surface area contributed by atoms with Gasteiger partial charge in [-0.25, -0.2) is 13.4 Å². The molecule has 1 aromatic carbocycles. The Balaban J connectivity index is 1.44. The number of fused-ring (bicyclic) bond motifs is 1. The fourth-order valence-corrected chi connectivity index (χ4v) is 6.27. The molecule has 2 fully saturated rings. The van der Waals surface area contributed by atoms with Crippen LogP contribution in [0.1, 0.15) is 32.6 Å². The zero-order valence-corrected chi connectivity index (χ0v) is 16.2. The molecule has 4 rings (SSSR count). The first-order valence-electron chi connectivity index (χ1n) is 9.11. The molecule has 0 saturated carbocycles. The highest BCUT2D eigenvalue weighted by Gasteiger charge is 2.32. The van der Waals surface area contributed by atoms with E-state index in [0.717, 1.165) is 29.0 Å². The average Bonchev–Trinajstić information content (AvgIpc) is 3.10. The van der Waals surface area contributed by atoms with Gasteiger partial charge in [0, 0.05) is 19.1 Å². The van der Waals surface area contributed by atoms with E-state index in [0.29, 0.717) is 24.0 Å². The Morgan fingerprint density at radius 2 is 1.80 bits per heavy atom. The lowest BCUT2D eigenvalue weighted by Gasteiger charge is -2.41. The van der Waals surface area contributed by atoms with E-state index in [2.05, 4.69) is 16.8 Å². The number of thiazole rings is 1. The van der Waals surface area contributed by atoms with Crippen LogP contribution in [0, 0.1) is 5.92 Å². The van der Waals surface area contributed by atoms with Crippen LogP contribution >= 0.6 is 11.3 Å². The van der Waals surface area contributed by atoms with E-state index in [1.807, 2.05) is 0 Å². The molecule has 2 saturated heterocycles. The molecule has 2 aliphatic rings. The zero-order chi connectivity index (χ0) is 17.4. The normalized spacial score (nSPS) is 22.6. The molecule has 0 radical (unpaired) electrons. The summed E-state index contributed by atoms with van der Waals surface area (Å²) in [6, 6.07) is 5.80. The van der Waals surface area contributed by atoms with Crippen LogP contribution in [0.25, 0.3) is 10.2 Å². The van der Waals surface area contributed by atoms with Gasteiger partial charge in [0.25, 0.3) is 0 Å². The van der Waals surface area contributed by atoms with Crippen molar-refractivity contribution in [3.63, 3.8) is 0 Å². The van der Waals surface area contributed by atoms with Gasteiger partial charge in [-0.15, -0.1) is 11.3 Å². The molecule has 1 aromatic heterocycles. The van der Waals surface area contributed by atoms with Crippen LogP contribution in [0.2, 0.25) is 0 Å². The third-order valence-corrected chi connectivity index (χ3v) is 8.38. The summed E-state index contributed by atoms with van der Waals surface area (Å²) >= 11 is 1.48. The summed E-state index contributed by atoms with van der Waals surface area (Å²) in [5.74, 6) is 0.832. The number of hydrogen-bond donors (Lipinski definition) is 0. The van der Waals surface area contributed by atoms with Gasteiger partial charge in [0.15, 0.2) is 0 Å². The second-order valence-corrected chi connectivity index (χ2v) is 10.2. The molecule has 0 bridgehead atoms. The number of hydrogen-bond acceptors (Lipinski definition) is 5. The first kappa shape index (κ1) is 17.4. The maximum Gasteiger partial charge on any atom is 0.243 e. The summed E-state index contributed by atoms with van der Waals surface area (Å²) in [5.41, 5.74) is 2.62. The van der Waals surface area contributed by atoms with E-state index < -0.39 is 10.0 Å². The number of sulfonamides is 1. The first-order chi connectivity index (χ1) is 12.0. The van der Waals surface area contributed by atoms with Gasteiger partial charge in [-0.1, -0.05) is 6.92 Å². The lowest BCUT2D eigenvalue weighted by Crippen LogP contribution is -2.48. The molecular formula is C18H25N3O2S2. The summed E-state index contributed by atoms with van der Waals surface area (Å²) in [4.78, 5) is 7.20. The van der Waals surface area contributed by atoms with Gasteiger partial charge in [-0.3, -0.25) is 0 Å². The van der Waals surface area contributed by atoms with E-state index in [4.69, 9.17) is 0 Å². The number of piperidine rings is 2. The summed E-state index contributed by atoms with van der Waals surface area (Å²) in [6.45, 7) is 5.91. The van der Waals surface area contributed by atoms with Crippen LogP contribution < -0.4 is 0 Å². The molecule has 0 aliphatic carbocycles. The minimum absolute atomic E-state index is 0.398. The van der Waals surface area contributed by atoms with Crippen LogP contribution in [-0.2, 0) is 10.0 Å². The largest absolute Gasteiger partial charge is 0.300 e. The summed E-state index contributed by atoms with van der Waals surface area (Å²) in [7, 11) is -3.40. The minimum Gasteiger partial charge on any atom is -0.300 e. The quantitative estimate of drug-likeness (QED) is 0.822. The Morgan fingerprint density at radius 1 is 1.08 bits per heavy atom. The summed E-state index contributed by atoms with van der Waals surface area (Å²) < 4.78 is 28.5. The van der Waals surface area contributed by atoms with Gasteiger partial charge < -0.3 is 4.90 Å². The highest BCUT2D eigenvalue weighted by molar-refractivity contribution is 7.89. The zero-order valence-electron chi connectivity index (χ0n) is 14.6. The van der Waals surface area contributed by atoms with E-state index >= 15 is 0 Å². The second-order valence-electron chi connectivity index (χ2n) is 7.34. The molecule has 7 heteroatoms. The molecule has 136 valence electrons. The van der Waals surface area contributed by atoms with Crippen molar-refractivity contribution in [2.75, 3.05) is 26.2 Å². The summed E-state index contributed by atoms with van der Waals surface area (Å²) in [6.07, 6.45) is 4.42. The van der Waals surface area contributed by atoms with Gasteiger partial charge in [-0.05, 0) is 62.9 Å². The van der Waals surface area contributed by atoms with Crippen LogP contribution in [0.5, 0.6) is 0 Å². The van der Waals surface area contributed by atoms with Gasteiger partial charge in [-0.2, -0.15) is 4.31 Å². The molecule has 0 atom stereocenters. The third-order valence-electron chi connectivity index (χ3n) is 5.70. The predicted molar refractivity (Wildman–Crippen MR) is 101 cm³/mol. The van der Waals surface area contributed by atoms with Crippen molar-refractivity contribution >= 4 is 31.6 Å². The topological polar surface area (TPSA) is 53.5 Å². The monoisotopic (exact) mass is 379 g/mol. The van der Waals surface area contributed by atoms with Crippen LogP contribution in [0.15, 0.2) is 28.6 Å². The fourth-order valence-electron chi connectivity index (χ4n) is 3.99. The maximum atomic E-state index is 13.0. The Bertz CT molecular complexity index is 833. The molecule has 3 heterocycles. The predicted octanol–water partition coefficient (Wildman–Crippen LogP) is 3.18. The number of nitrogens with zero attached hydrogens (tertiary/aromatic N) is 3. The fraction of sp³-hybridized carbons (Fsp3) is 0.611. The van der Waals surface area contributed by atoms with Crippen LogP contribution in [0.3, 0.4) is 0 Å². The Hall–Kier alpha value is -1.02. The molecule has 2 aromatic rings. The molecule has 0 unspecified atom stereocenters. The van der Waals surface area contributed by atoms with Gasteiger partial charge >= 0.3 is 0 Å². The van der Waals surface area contributed by atoms with E-state index in [1.54, 1.807) is 28.0 Å². The van der Waals surface area contributed by atoms with Crippen molar-refractivity contribution < 1.29 is 8.42 Å². The first-order valence-corrected chi connectivity index (χ1v) is 11.4. The third kappa shape index (κ3) is 3.47. The smallest absolute Gasteiger partial charge is 0.243 e. The van der Waals surface area contributed by atoms with E-state index in [9.17, 15) is 8.42 Å². The molecule has 0 amide bonds. The Labute approximate surface area is 153 Å². The van der Waals surface area contributed by atoms with Crippen molar-refractivity contribution in [1.29, 1.82) is 0 Å². The molecular weight excluding hydrogens is 354 g/mol. The Kier molecular flexibility index (Phi) is 4.83. The number of likely N-dealkylation sites (tertiary alicyclic amines) is 1. The van der Waals surface area contributed by atoms with Crippen LogP contribution in [-0.4, -0.2) is 54.8 Å². The maximum absolute atomic E-state index is 13.0. The molecule has 0 N–H and O–H groups in total. The second kappa shape index (κ2) is 6.95. The lowest BCUT2D eigenvalue weighted by molar-refractivity contribution is 0.101. The van der Waals surface area contributed by atoms with E-state index in [1.165, 1.54) is 37.3 Å². The van der Waals surface area contributed by atoms with Gasteiger partial charge in [0.05, 0.1) is 20.6 Å². The lowest BCUT2D eigenvalue weighted by atomic mass is 9.95. The van der Waals surface area contributed by atoms with Crippen LogP contribution in [0.4, 0.5) is 0 Å². The number of aromatic nitrogens is 1. The Morgan fingerprint density at radius 3 is 2.52 bits per heavy atom. The summed E-state index contributed by atoms with van der Waals surface area (Å²) in [5, 5.41) is 0. The standard InChI is InChI=1S/C18H25N3O2S2/c1-14-4-8-20(9-5-14)15-6-10-21(11-7-15)25(22,23)16-2-3-17-18(12-16)24-13-19-17/h2-3,12-15H,4-11H2,1H3. The van der Waals surface area contributed by atoms with Gasteiger partial charge in [0.2, 0.25) is 10.0 Å². The molecule has 25 heavy (non-hydrogen) atoms. The SMILES string of the molecule is CC1CCN(C2CCN(S(=O)(=O)c3ccc4ncsc4c3)CC2)CC1. The minimum atomic E-state index is -3.40. The van der Waals surface area contributed by atoms with Crippen molar-refractivity contribution in [1.82, 2.24) is 14.2 Å². The van der Waals surface area contributed by atoms with E-state index in [-0.39, 0.29) is 0 Å². The molecule has 5 nitrogen and oxygen atoms in total. The highest BCUT2D eigenvalue weighted by Crippen LogP contribution is 2.28. The van der Waals surface area contributed by atoms with Gasteiger partial charge in [0.1, 0.15) is 0 Å². The highest BCUT2D eigenvalue weighted by atomic mass is 32.2. The van der Waals surface area contributed by atoms with Crippen molar-refractivity contribution in [2.24, 2.45) is 5.92 Å². The molecule has 0 spiro atoms. The van der Waals surface area contributed by atoms with Crippen molar-refractivity contribution in [2.45, 2.75) is 43.5 Å². The average molecular weight is 380 g/mol. The van der Waals surface area contributed by atoms with Crippen molar-refractivity contribution in [3.05, 3.63) is 23.7 Å². The molecule has 2 aliphatic heterocycles.